The number of nitrogens with zero attached hydrogens (tertiary/aromatic N) is 1. The molecular weight excluding hydrogens is 278 g/mol. The molecule has 0 aromatic heterocycles. The van der Waals surface area contributed by atoms with Crippen LogP contribution >= 0.6 is 0 Å². The van der Waals surface area contributed by atoms with Gasteiger partial charge in [-0.1, -0.05) is 30.3 Å². The van der Waals surface area contributed by atoms with Gasteiger partial charge < -0.3 is 8.92 Å². The van der Waals surface area contributed by atoms with Crippen molar-refractivity contribution in [2.24, 2.45) is 0 Å². The molecule has 0 spiro atoms. The van der Waals surface area contributed by atoms with Crippen LogP contribution in [0.15, 0.2) is 36.4 Å². The van der Waals surface area contributed by atoms with Gasteiger partial charge in [0.15, 0.2) is 0 Å². The third-order valence-electron chi connectivity index (χ3n) is 3.51. The Labute approximate surface area is 118 Å². The van der Waals surface area contributed by atoms with E-state index < -0.39 is 10.1 Å². The lowest BCUT2D eigenvalue weighted by Crippen LogP contribution is -2.47. The van der Waals surface area contributed by atoms with E-state index in [-0.39, 0.29) is 11.8 Å². The molecule has 2 aliphatic rings. The molecule has 6 heteroatoms. The van der Waals surface area contributed by atoms with Gasteiger partial charge in [-0.25, -0.2) is 0 Å². The quantitative estimate of drug-likeness (QED) is 0.765. The van der Waals surface area contributed by atoms with Crippen molar-refractivity contribution in [1.29, 1.82) is 0 Å². The summed E-state index contributed by atoms with van der Waals surface area (Å²) in [6.45, 7) is 2.79. The van der Waals surface area contributed by atoms with E-state index in [1.807, 2.05) is 36.4 Å². The van der Waals surface area contributed by atoms with Crippen molar-refractivity contribution in [2.75, 3.05) is 32.1 Å². The second-order valence-corrected chi connectivity index (χ2v) is 6.54. The highest BCUT2D eigenvalue weighted by Crippen LogP contribution is 2.26. The van der Waals surface area contributed by atoms with E-state index in [4.69, 9.17) is 8.92 Å². The number of morpholine rings is 1. The van der Waals surface area contributed by atoms with Gasteiger partial charge in [0, 0.05) is 24.7 Å². The minimum atomic E-state index is -3.53. The van der Waals surface area contributed by atoms with E-state index >= 15 is 0 Å². The van der Waals surface area contributed by atoms with Crippen LogP contribution in [0.1, 0.15) is 5.56 Å². The number of rotatable bonds is 2. The van der Waals surface area contributed by atoms with Crippen molar-refractivity contribution in [2.45, 2.75) is 6.04 Å². The van der Waals surface area contributed by atoms with E-state index in [0.717, 1.165) is 18.7 Å². The zero-order chi connectivity index (χ0) is 14.0. The first-order chi connectivity index (χ1) is 9.64. The first-order valence-electron chi connectivity index (χ1n) is 6.65. The fraction of sp³-hybridized carbons (Fsp3) is 0.429. The molecule has 2 heterocycles. The molecule has 0 amide bonds. The Morgan fingerprint density at radius 2 is 1.80 bits per heavy atom. The molecule has 0 radical (unpaired) electrons. The molecule has 3 rings (SSSR count). The minimum Gasteiger partial charge on any atom is -0.382 e. The third-order valence-corrected chi connectivity index (χ3v) is 4.69. The van der Waals surface area contributed by atoms with Crippen molar-refractivity contribution in [1.82, 2.24) is 4.90 Å². The summed E-state index contributed by atoms with van der Waals surface area (Å²) in [5, 5.41) is 0. The first kappa shape index (κ1) is 13.6. The van der Waals surface area contributed by atoms with Crippen LogP contribution in [-0.2, 0) is 19.0 Å². The van der Waals surface area contributed by atoms with Crippen LogP contribution in [0, 0.1) is 0 Å². The third kappa shape index (κ3) is 3.03. The largest absolute Gasteiger partial charge is 0.382 e. The van der Waals surface area contributed by atoms with Gasteiger partial charge in [-0.2, -0.15) is 8.42 Å². The van der Waals surface area contributed by atoms with Gasteiger partial charge in [0.25, 0.3) is 0 Å². The number of hydrogen-bond donors (Lipinski definition) is 0. The molecule has 20 heavy (non-hydrogen) atoms. The van der Waals surface area contributed by atoms with Crippen LogP contribution in [0.25, 0.3) is 5.76 Å². The molecule has 1 aromatic carbocycles. The SMILES string of the molecule is O=S1(=O)CC(N2CCOCC2)C=C(c2ccccc2)O1. The van der Waals surface area contributed by atoms with E-state index in [1.165, 1.54) is 0 Å². The number of ether oxygens (including phenoxy) is 1. The molecule has 1 fully saturated rings. The molecular formula is C14H17NO4S. The van der Waals surface area contributed by atoms with Gasteiger partial charge in [0.2, 0.25) is 0 Å². The maximum Gasteiger partial charge on any atom is 0.311 e. The van der Waals surface area contributed by atoms with Gasteiger partial charge in [-0.05, 0) is 6.08 Å². The highest BCUT2D eigenvalue weighted by atomic mass is 32.2. The van der Waals surface area contributed by atoms with E-state index in [9.17, 15) is 8.42 Å². The molecule has 108 valence electrons. The van der Waals surface area contributed by atoms with Gasteiger partial charge in [-0.3, -0.25) is 4.90 Å². The van der Waals surface area contributed by atoms with E-state index in [2.05, 4.69) is 4.90 Å². The van der Waals surface area contributed by atoms with Crippen molar-refractivity contribution >= 4 is 15.9 Å². The number of hydrogen-bond acceptors (Lipinski definition) is 5. The Hall–Kier alpha value is -1.37. The lowest BCUT2D eigenvalue weighted by atomic mass is 10.1. The first-order valence-corrected chi connectivity index (χ1v) is 8.23. The Balaban J connectivity index is 1.90. The second-order valence-electron chi connectivity index (χ2n) is 4.92. The Kier molecular flexibility index (Phi) is 3.78. The molecule has 0 bridgehead atoms. The summed E-state index contributed by atoms with van der Waals surface area (Å²) in [5.41, 5.74) is 0.786. The highest BCUT2D eigenvalue weighted by molar-refractivity contribution is 7.87. The highest BCUT2D eigenvalue weighted by Gasteiger charge is 2.31. The lowest BCUT2D eigenvalue weighted by Gasteiger charge is -2.34. The summed E-state index contributed by atoms with van der Waals surface area (Å²) in [5.74, 6) is 0.428. The molecule has 5 nitrogen and oxygen atoms in total. The smallest absolute Gasteiger partial charge is 0.311 e. The van der Waals surface area contributed by atoms with Gasteiger partial charge in [0.1, 0.15) is 11.5 Å². The summed E-state index contributed by atoms with van der Waals surface area (Å²) < 4.78 is 34.4. The van der Waals surface area contributed by atoms with Crippen LogP contribution in [0.4, 0.5) is 0 Å². The maximum absolute atomic E-state index is 12.0. The molecule has 0 aliphatic carbocycles. The second kappa shape index (κ2) is 5.55. The molecule has 2 aliphatic heterocycles. The van der Waals surface area contributed by atoms with Crippen LogP contribution in [-0.4, -0.2) is 51.4 Å². The predicted octanol–water partition coefficient (Wildman–Crippen LogP) is 1.09. The van der Waals surface area contributed by atoms with Crippen molar-refractivity contribution in [3.05, 3.63) is 42.0 Å². The van der Waals surface area contributed by atoms with Crippen LogP contribution in [0.2, 0.25) is 0 Å². The minimum absolute atomic E-state index is 0.00331. The molecule has 0 saturated carbocycles. The molecule has 1 atom stereocenters. The average molecular weight is 295 g/mol. The summed E-state index contributed by atoms with van der Waals surface area (Å²) in [7, 11) is -3.53. The Bertz CT molecular complexity index is 591. The Morgan fingerprint density at radius 1 is 1.10 bits per heavy atom. The monoisotopic (exact) mass is 295 g/mol. The topological polar surface area (TPSA) is 55.8 Å². The summed E-state index contributed by atoms with van der Waals surface area (Å²) in [4.78, 5) is 2.13. The van der Waals surface area contributed by atoms with E-state index in [0.29, 0.717) is 19.0 Å². The summed E-state index contributed by atoms with van der Waals surface area (Å²) in [6.07, 6.45) is 1.90. The van der Waals surface area contributed by atoms with Gasteiger partial charge in [0.05, 0.1) is 13.2 Å². The number of benzene rings is 1. The van der Waals surface area contributed by atoms with Crippen LogP contribution in [0.3, 0.4) is 0 Å². The van der Waals surface area contributed by atoms with Crippen LogP contribution < -0.4 is 0 Å². The standard InChI is InChI=1S/C14H17NO4S/c16-20(17)11-13(15-6-8-18-9-7-15)10-14(19-20)12-4-2-1-3-5-12/h1-5,10,13H,6-9,11H2. The fourth-order valence-corrected chi connectivity index (χ4v) is 3.72. The predicted molar refractivity (Wildman–Crippen MR) is 75.5 cm³/mol. The van der Waals surface area contributed by atoms with Crippen molar-refractivity contribution < 1.29 is 17.3 Å². The van der Waals surface area contributed by atoms with E-state index in [1.54, 1.807) is 0 Å². The van der Waals surface area contributed by atoms with Crippen molar-refractivity contribution in [3.8, 4) is 0 Å². The normalized spacial score (nSPS) is 26.6. The summed E-state index contributed by atoms with van der Waals surface area (Å²) >= 11 is 0. The molecule has 1 unspecified atom stereocenters. The zero-order valence-corrected chi connectivity index (χ0v) is 11.9. The molecule has 1 aromatic rings. The van der Waals surface area contributed by atoms with Gasteiger partial charge >= 0.3 is 10.1 Å². The average Bonchev–Trinajstić information content (AvgIpc) is 2.47. The maximum atomic E-state index is 12.0. The molecule has 1 saturated heterocycles. The Morgan fingerprint density at radius 3 is 2.50 bits per heavy atom. The van der Waals surface area contributed by atoms with Crippen molar-refractivity contribution in [3.63, 3.8) is 0 Å². The zero-order valence-electron chi connectivity index (χ0n) is 11.1. The van der Waals surface area contributed by atoms with Gasteiger partial charge in [-0.15, -0.1) is 0 Å². The van der Waals surface area contributed by atoms with Crippen LogP contribution in [0.5, 0.6) is 0 Å². The fourth-order valence-electron chi connectivity index (χ4n) is 2.50. The lowest BCUT2D eigenvalue weighted by molar-refractivity contribution is 0.0284. The molecule has 0 N–H and O–H groups in total. The summed E-state index contributed by atoms with van der Waals surface area (Å²) in [6, 6.07) is 9.18.